The van der Waals surface area contributed by atoms with Crippen molar-refractivity contribution in [3.63, 3.8) is 0 Å². The summed E-state index contributed by atoms with van der Waals surface area (Å²) in [6, 6.07) is 3.88. The topological polar surface area (TPSA) is 114 Å². The van der Waals surface area contributed by atoms with Crippen molar-refractivity contribution in [3.05, 3.63) is 52.5 Å². The lowest BCUT2D eigenvalue weighted by Gasteiger charge is -2.12. The molecule has 0 atom stereocenters. The number of carbonyl (C=O) groups is 1. The van der Waals surface area contributed by atoms with E-state index in [4.69, 9.17) is 4.74 Å². The van der Waals surface area contributed by atoms with Gasteiger partial charge in [0.2, 0.25) is 5.91 Å². The van der Waals surface area contributed by atoms with Gasteiger partial charge < -0.3 is 20.4 Å². The zero-order valence-electron chi connectivity index (χ0n) is 17.7. The Labute approximate surface area is 180 Å². The van der Waals surface area contributed by atoms with Crippen LogP contribution in [0.15, 0.2) is 35.5 Å². The molecule has 1 amide bonds. The maximum absolute atomic E-state index is 12.7. The van der Waals surface area contributed by atoms with Crippen LogP contribution in [0.1, 0.15) is 30.7 Å². The first-order chi connectivity index (χ1) is 15.1. The molecule has 1 aliphatic carbocycles. The highest BCUT2D eigenvalue weighted by Crippen LogP contribution is 2.28. The second-order valence-corrected chi connectivity index (χ2v) is 7.96. The van der Waals surface area contributed by atoms with Crippen molar-refractivity contribution in [2.45, 2.75) is 39.3 Å². The molecule has 9 heteroatoms. The molecule has 0 saturated heterocycles. The fraction of sp³-hybridized carbons (Fsp3) is 0.455. The summed E-state index contributed by atoms with van der Waals surface area (Å²) in [5.74, 6) is 0.740. The molecule has 164 valence electrons. The van der Waals surface area contributed by atoms with E-state index in [1.54, 1.807) is 19.3 Å². The summed E-state index contributed by atoms with van der Waals surface area (Å²) in [5, 5.41) is 6.93. The Morgan fingerprint density at radius 1 is 1.32 bits per heavy atom. The van der Waals surface area contributed by atoms with Crippen LogP contribution in [0.25, 0.3) is 10.9 Å². The summed E-state index contributed by atoms with van der Waals surface area (Å²) >= 11 is 0. The highest BCUT2D eigenvalue weighted by Gasteiger charge is 2.20. The highest BCUT2D eigenvalue weighted by atomic mass is 16.5. The molecule has 3 N–H and O–H groups in total. The monoisotopic (exact) mass is 424 g/mol. The van der Waals surface area contributed by atoms with E-state index in [1.165, 1.54) is 17.4 Å². The third-order valence-electron chi connectivity index (χ3n) is 5.33. The van der Waals surface area contributed by atoms with Gasteiger partial charge >= 0.3 is 0 Å². The smallest absolute Gasteiger partial charge is 0.293 e. The van der Waals surface area contributed by atoms with Gasteiger partial charge in [0.05, 0.1) is 24.0 Å². The summed E-state index contributed by atoms with van der Waals surface area (Å²) in [5.41, 5.74) is 2.03. The van der Waals surface area contributed by atoms with Crippen molar-refractivity contribution in [2.24, 2.45) is 5.92 Å². The third kappa shape index (κ3) is 5.69. The number of hydrogen-bond acceptors (Lipinski definition) is 6. The predicted octanol–water partition coefficient (Wildman–Crippen LogP) is 1.97. The van der Waals surface area contributed by atoms with E-state index in [0.29, 0.717) is 25.4 Å². The second kappa shape index (κ2) is 9.74. The number of carbonyl (C=O) groups excluding carboxylic acids is 1. The van der Waals surface area contributed by atoms with Gasteiger partial charge in [0.1, 0.15) is 6.54 Å². The van der Waals surface area contributed by atoms with Gasteiger partial charge in [-0.15, -0.1) is 0 Å². The predicted molar refractivity (Wildman–Crippen MR) is 118 cm³/mol. The van der Waals surface area contributed by atoms with E-state index in [-0.39, 0.29) is 23.8 Å². The maximum atomic E-state index is 12.7. The number of aromatic nitrogens is 4. The van der Waals surface area contributed by atoms with E-state index in [0.717, 1.165) is 35.5 Å². The van der Waals surface area contributed by atoms with Crippen LogP contribution in [0.5, 0.6) is 0 Å². The molecule has 4 rings (SSSR count). The van der Waals surface area contributed by atoms with Gasteiger partial charge in [-0.05, 0) is 44.2 Å². The lowest BCUT2D eigenvalue weighted by atomic mass is 10.2. The van der Waals surface area contributed by atoms with E-state index in [2.05, 4.69) is 25.6 Å². The van der Waals surface area contributed by atoms with Crippen LogP contribution >= 0.6 is 0 Å². The molecule has 1 saturated carbocycles. The largest absolute Gasteiger partial charge is 0.381 e. The van der Waals surface area contributed by atoms with Crippen LogP contribution in [-0.2, 0) is 22.6 Å². The summed E-state index contributed by atoms with van der Waals surface area (Å²) in [7, 11) is 0. The standard InChI is InChI=1S/C22H28N6O3/c1-15-10-27-21(24-6-2-8-31-14-16-3-4-16)22(30)28(15)13-20(29)26-11-18-9-17-5-7-23-19(17)12-25-18/h5,7,9-10,12,16,23H,2-4,6,8,11,13-14H2,1H3,(H,24,27)(H,26,29). The van der Waals surface area contributed by atoms with E-state index < -0.39 is 0 Å². The molecule has 1 aliphatic rings. The number of aromatic amines is 1. The Hall–Kier alpha value is -3.20. The van der Waals surface area contributed by atoms with Crippen molar-refractivity contribution >= 4 is 22.6 Å². The average molecular weight is 425 g/mol. The number of rotatable bonds is 11. The molecule has 31 heavy (non-hydrogen) atoms. The summed E-state index contributed by atoms with van der Waals surface area (Å²) in [6.45, 7) is 4.07. The number of hydrogen-bond donors (Lipinski definition) is 3. The van der Waals surface area contributed by atoms with Gasteiger partial charge in [-0.25, -0.2) is 4.98 Å². The van der Waals surface area contributed by atoms with Crippen molar-refractivity contribution in [1.29, 1.82) is 0 Å². The summed E-state index contributed by atoms with van der Waals surface area (Å²) < 4.78 is 7.03. The highest BCUT2D eigenvalue weighted by molar-refractivity contribution is 5.79. The second-order valence-electron chi connectivity index (χ2n) is 7.96. The molecule has 3 heterocycles. The van der Waals surface area contributed by atoms with Crippen molar-refractivity contribution in [2.75, 3.05) is 25.1 Å². The van der Waals surface area contributed by atoms with E-state index in [9.17, 15) is 9.59 Å². The van der Waals surface area contributed by atoms with Crippen molar-refractivity contribution in [1.82, 2.24) is 24.8 Å². The first-order valence-electron chi connectivity index (χ1n) is 10.7. The number of fused-ring (bicyclic) bond motifs is 1. The molecule has 0 aromatic carbocycles. The number of aryl methyl sites for hydroxylation is 1. The number of anilines is 1. The molecule has 0 spiro atoms. The van der Waals surface area contributed by atoms with Crippen LogP contribution < -0.4 is 16.2 Å². The third-order valence-corrected chi connectivity index (χ3v) is 5.33. The minimum Gasteiger partial charge on any atom is -0.381 e. The van der Waals surface area contributed by atoms with Crippen molar-refractivity contribution in [3.8, 4) is 0 Å². The molecular weight excluding hydrogens is 396 g/mol. The van der Waals surface area contributed by atoms with Gasteiger partial charge in [-0.1, -0.05) is 0 Å². The number of H-pyrrole nitrogens is 1. The van der Waals surface area contributed by atoms with Crippen molar-refractivity contribution < 1.29 is 9.53 Å². The zero-order chi connectivity index (χ0) is 21.6. The summed E-state index contributed by atoms with van der Waals surface area (Å²) in [4.78, 5) is 36.8. The number of pyridine rings is 1. The average Bonchev–Trinajstić information content (AvgIpc) is 3.47. The van der Waals surface area contributed by atoms with Gasteiger partial charge in [-0.3, -0.25) is 19.1 Å². The molecule has 0 radical (unpaired) electrons. The molecule has 0 unspecified atom stereocenters. The first kappa shape index (κ1) is 21.0. The van der Waals surface area contributed by atoms with Gasteiger partial charge in [-0.2, -0.15) is 0 Å². The van der Waals surface area contributed by atoms with Gasteiger partial charge in [0.15, 0.2) is 5.82 Å². The Morgan fingerprint density at radius 3 is 3.03 bits per heavy atom. The summed E-state index contributed by atoms with van der Waals surface area (Å²) in [6.07, 6.45) is 8.53. The quantitative estimate of drug-likeness (QED) is 0.406. The van der Waals surface area contributed by atoms with Gasteiger partial charge in [0, 0.05) is 43.2 Å². The fourth-order valence-electron chi connectivity index (χ4n) is 3.29. The minimum absolute atomic E-state index is 0.0707. The normalized spacial score (nSPS) is 13.5. The van der Waals surface area contributed by atoms with E-state index >= 15 is 0 Å². The Bertz CT molecular complexity index is 1100. The Balaban J connectivity index is 1.28. The molecule has 1 fully saturated rings. The van der Waals surface area contributed by atoms with Crippen LogP contribution in [0.4, 0.5) is 5.82 Å². The molecule has 9 nitrogen and oxygen atoms in total. The van der Waals surface area contributed by atoms with E-state index in [1.807, 2.05) is 18.3 Å². The number of amides is 1. The molecular formula is C22H28N6O3. The number of nitrogens with one attached hydrogen (secondary N) is 3. The zero-order valence-corrected chi connectivity index (χ0v) is 17.7. The van der Waals surface area contributed by atoms with Gasteiger partial charge in [0.25, 0.3) is 5.56 Å². The molecule has 0 bridgehead atoms. The fourth-order valence-corrected chi connectivity index (χ4v) is 3.29. The van der Waals surface area contributed by atoms with Crippen LogP contribution in [-0.4, -0.2) is 45.2 Å². The minimum atomic E-state index is -0.305. The number of nitrogens with zero attached hydrogens (tertiary/aromatic N) is 3. The maximum Gasteiger partial charge on any atom is 0.293 e. The molecule has 0 aliphatic heterocycles. The van der Waals surface area contributed by atoms with Crippen LogP contribution in [0.3, 0.4) is 0 Å². The lowest BCUT2D eigenvalue weighted by molar-refractivity contribution is -0.121. The Morgan fingerprint density at radius 2 is 2.19 bits per heavy atom. The molecule has 3 aromatic heterocycles. The van der Waals surface area contributed by atoms with Crippen LogP contribution in [0.2, 0.25) is 0 Å². The SMILES string of the molecule is Cc1cnc(NCCCOCC2CC2)c(=O)n1CC(=O)NCc1cc2cc[nH]c2cn1. The lowest BCUT2D eigenvalue weighted by Crippen LogP contribution is -2.34. The Kier molecular flexibility index (Phi) is 6.61. The number of ether oxygens (including phenoxy) is 1. The first-order valence-corrected chi connectivity index (χ1v) is 10.7. The van der Waals surface area contributed by atoms with Crippen LogP contribution in [0, 0.1) is 12.8 Å². The molecule has 3 aromatic rings.